The Kier molecular flexibility index (Phi) is 9.84. The van der Waals surface area contributed by atoms with Crippen LogP contribution < -0.4 is 15.5 Å². The molecule has 2 aromatic rings. The fourth-order valence-electron chi connectivity index (χ4n) is 4.69. The number of carboxylic acid groups (broad SMARTS) is 1. The summed E-state index contributed by atoms with van der Waals surface area (Å²) < 4.78 is 31.7. The van der Waals surface area contributed by atoms with Crippen LogP contribution in [0.1, 0.15) is 37.0 Å². The molecule has 1 spiro atoms. The first-order valence-corrected chi connectivity index (χ1v) is 12.9. The lowest BCUT2D eigenvalue weighted by atomic mass is 9.85. The van der Waals surface area contributed by atoms with Gasteiger partial charge in [-0.3, -0.25) is 9.59 Å². The Labute approximate surface area is 230 Å². The van der Waals surface area contributed by atoms with Crippen molar-refractivity contribution in [3.05, 3.63) is 65.2 Å². The molecule has 0 aliphatic carbocycles. The van der Waals surface area contributed by atoms with Gasteiger partial charge in [0.05, 0.1) is 6.67 Å². The van der Waals surface area contributed by atoms with Gasteiger partial charge in [0, 0.05) is 41.9 Å². The number of hydrogen-bond acceptors (Lipinski definition) is 5. The number of piperidine rings is 1. The highest BCUT2D eigenvalue weighted by Gasteiger charge is 2.50. The quantitative estimate of drug-likeness (QED) is 0.484. The number of benzene rings is 2. The van der Waals surface area contributed by atoms with Gasteiger partial charge in [0.15, 0.2) is 0 Å². The summed E-state index contributed by atoms with van der Waals surface area (Å²) in [5.74, 6) is -2.43. The average molecular weight is 569 g/mol. The first-order chi connectivity index (χ1) is 18.3. The van der Waals surface area contributed by atoms with Crippen molar-refractivity contribution in [1.29, 1.82) is 0 Å². The molecule has 8 nitrogen and oxygen atoms in total. The van der Waals surface area contributed by atoms with Crippen molar-refractivity contribution in [2.75, 3.05) is 31.2 Å². The lowest BCUT2D eigenvalue weighted by molar-refractivity contribution is -0.192. The first kappa shape index (κ1) is 30.2. The molecule has 2 aliphatic heterocycles. The highest BCUT2D eigenvalue weighted by atomic mass is 35.5. The molecule has 1 atom stereocenters. The smallest absolute Gasteiger partial charge is 0.475 e. The summed E-state index contributed by atoms with van der Waals surface area (Å²) in [7, 11) is 0. The molecule has 39 heavy (non-hydrogen) atoms. The molecule has 4 rings (SSSR count). The SMILES string of the molecule is CC(C)[C@@H](CN1CCC2(CC1)C(=O)NCN2c1ccccc1)NC(=O)c1ccc(Cl)cc1.O=C(O)C(F)(F)F. The van der Waals surface area contributed by atoms with Gasteiger partial charge in [0.25, 0.3) is 5.91 Å². The third-order valence-electron chi connectivity index (χ3n) is 7.01. The molecule has 2 heterocycles. The van der Waals surface area contributed by atoms with Gasteiger partial charge in [-0.15, -0.1) is 0 Å². The molecule has 0 unspecified atom stereocenters. The summed E-state index contributed by atoms with van der Waals surface area (Å²) in [6.45, 7) is 7.20. The van der Waals surface area contributed by atoms with E-state index in [-0.39, 0.29) is 23.8 Å². The van der Waals surface area contributed by atoms with Gasteiger partial charge in [-0.2, -0.15) is 13.2 Å². The second-order valence-corrected chi connectivity index (χ2v) is 10.3. The lowest BCUT2D eigenvalue weighted by Crippen LogP contribution is -2.58. The lowest BCUT2D eigenvalue weighted by Gasteiger charge is -2.44. The maximum atomic E-state index is 12.9. The number of nitrogens with zero attached hydrogens (tertiary/aromatic N) is 2. The second-order valence-electron chi connectivity index (χ2n) is 9.89. The largest absolute Gasteiger partial charge is 0.490 e. The standard InChI is InChI=1S/C25H31ClN4O2.C2HF3O2/c1-18(2)22(28-23(31)19-8-10-20(26)11-9-19)16-29-14-12-25(13-15-29)24(32)27-17-30(25)21-6-4-3-5-7-21;3-2(4,5)1(6)7/h3-11,18,22H,12-17H2,1-2H3,(H,27,32)(H,28,31);(H,6,7)/t22-;/m1./s1. The van der Waals surface area contributed by atoms with E-state index in [1.807, 2.05) is 18.2 Å². The van der Waals surface area contributed by atoms with Crippen LogP contribution >= 0.6 is 11.6 Å². The maximum absolute atomic E-state index is 12.9. The van der Waals surface area contributed by atoms with Crippen LogP contribution in [0.5, 0.6) is 0 Å². The molecule has 0 saturated carbocycles. The zero-order chi connectivity index (χ0) is 28.8. The molecule has 2 aromatic carbocycles. The Balaban J connectivity index is 0.000000532. The minimum Gasteiger partial charge on any atom is -0.475 e. The molecule has 0 aromatic heterocycles. The van der Waals surface area contributed by atoms with Crippen molar-refractivity contribution in [2.45, 2.75) is 44.4 Å². The predicted octanol–water partition coefficient (Wildman–Crippen LogP) is 4.16. The molecular formula is C27H32ClF3N4O4. The van der Waals surface area contributed by atoms with Crippen LogP contribution in [0.3, 0.4) is 0 Å². The minimum absolute atomic E-state index is 0.0230. The van der Waals surface area contributed by atoms with Crippen LogP contribution in [0.15, 0.2) is 54.6 Å². The summed E-state index contributed by atoms with van der Waals surface area (Å²) in [6.07, 6.45) is -3.55. The zero-order valence-corrected chi connectivity index (χ0v) is 22.4. The monoisotopic (exact) mass is 568 g/mol. The Morgan fingerprint density at radius 3 is 2.15 bits per heavy atom. The molecule has 2 aliphatic rings. The fraction of sp³-hybridized carbons (Fsp3) is 0.444. The molecule has 2 saturated heterocycles. The topological polar surface area (TPSA) is 102 Å². The normalized spacial score (nSPS) is 17.8. The molecule has 2 fully saturated rings. The van der Waals surface area contributed by atoms with E-state index >= 15 is 0 Å². The van der Waals surface area contributed by atoms with Crippen molar-refractivity contribution in [3.63, 3.8) is 0 Å². The van der Waals surface area contributed by atoms with E-state index < -0.39 is 17.7 Å². The van der Waals surface area contributed by atoms with Crippen molar-refractivity contribution < 1.29 is 32.7 Å². The number of para-hydroxylation sites is 1. The summed E-state index contributed by atoms with van der Waals surface area (Å²) in [6, 6.07) is 17.1. The van der Waals surface area contributed by atoms with Crippen LogP contribution in [0.2, 0.25) is 5.02 Å². The molecule has 0 bridgehead atoms. The number of hydrogen-bond donors (Lipinski definition) is 3. The van der Waals surface area contributed by atoms with E-state index in [2.05, 4.69) is 46.4 Å². The fourth-order valence-corrected chi connectivity index (χ4v) is 4.82. The number of carboxylic acids is 1. The van der Waals surface area contributed by atoms with Crippen LogP contribution in [0.25, 0.3) is 0 Å². The van der Waals surface area contributed by atoms with E-state index in [0.29, 0.717) is 17.3 Å². The third-order valence-corrected chi connectivity index (χ3v) is 7.27. The highest BCUT2D eigenvalue weighted by Crippen LogP contribution is 2.36. The summed E-state index contributed by atoms with van der Waals surface area (Å²) in [5, 5.41) is 14.0. The Bertz CT molecular complexity index is 1140. The molecule has 2 amide bonds. The number of anilines is 1. The molecule has 0 radical (unpaired) electrons. The van der Waals surface area contributed by atoms with Crippen LogP contribution in [-0.4, -0.2) is 71.9 Å². The van der Waals surface area contributed by atoms with E-state index in [0.717, 1.165) is 38.2 Å². The van der Waals surface area contributed by atoms with Crippen molar-refractivity contribution in [1.82, 2.24) is 15.5 Å². The molecule has 12 heteroatoms. The van der Waals surface area contributed by atoms with Crippen LogP contribution in [0, 0.1) is 5.92 Å². The average Bonchev–Trinajstić information content (AvgIpc) is 3.20. The first-order valence-electron chi connectivity index (χ1n) is 12.5. The number of likely N-dealkylation sites (tertiary alicyclic amines) is 1. The van der Waals surface area contributed by atoms with Gasteiger partial charge in [-0.1, -0.05) is 43.6 Å². The second kappa shape index (κ2) is 12.7. The van der Waals surface area contributed by atoms with E-state index in [1.165, 1.54) is 0 Å². The Hall–Kier alpha value is -3.31. The van der Waals surface area contributed by atoms with Crippen LogP contribution in [0.4, 0.5) is 18.9 Å². The van der Waals surface area contributed by atoms with Gasteiger partial charge in [0.1, 0.15) is 5.54 Å². The number of halogens is 4. The molecule has 3 N–H and O–H groups in total. The number of carbonyl (C=O) groups is 3. The van der Waals surface area contributed by atoms with Crippen LogP contribution in [-0.2, 0) is 9.59 Å². The summed E-state index contributed by atoms with van der Waals surface area (Å²) in [5.41, 5.74) is 1.20. The number of nitrogens with one attached hydrogen (secondary N) is 2. The van der Waals surface area contributed by atoms with E-state index in [1.54, 1.807) is 24.3 Å². The number of aliphatic carboxylic acids is 1. The van der Waals surface area contributed by atoms with Crippen molar-refractivity contribution >= 4 is 35.1 Å². The van der Waals surface area contributed by atoms with Crippen molar-refractivity contribution in [2.24, 2.45) is 5.92 Å². The highest BCUT2D eigenvalue weighted by molar-refractivity contribution is 6.30. The summed E-state index contributed by atoms with van der Waals surface area (Å²) >= 11 is 5.94. The van der Waals surface area contributed by atoms with Gasteiger partial charge >= 0.3 is 12.1 Å². The minimum atomic E-state index is -5.08. The summed E-state index contributed by atoms with van der Waals surface area (Å²) in [4.78, 5) is 39.1. The van der Waals surface area contributed by atoms with E-state index in [4.69, 9.17) is 21.5 Å². The van der Waals surface area contributed by atoms with Gasteiger partial charge in [0.2, 0.25) is 5.91 Å². The number of rotatable bonds is 6. The number of carbonyl (C=O) groups excluding carboxylic acids is 2. The molecular weight excluding hydrogens is 537 g/mol. The molecule has 212 valence electrons. The number of amides is 2. The maximum Gasteiger partial charge on any atom is 0.490 e. The Morgan fingerprint density at radius 2 is 1.64 bits per heavy atom. The van der Waals surface area contributed by atoms with E-state index in [9.17, 15) is 22.8 Å². The predicted molar refractivity (Wildman–Crippen MR) is 142 cm³/mol. The van der Waals surface area contributed by atoms with Gasteiger partial charge < -0.3 is 25.5 Å². The van der Waals surface area contributed by atoms with Gasteiger partial charge in [-0.25, -0.2) is 4.79 Å². The number of alkyl halides is 3. The third kappa shape index (κ3) is 7.63. The zero-order valence-electron chi connectivity index (χ0n) is 21.7. The Morgan fingerprint density at radius 1 is 1.08 bits per heavy atom. The van der Waals surface area contributed by atoms with Gasteiger partial charge in [-0.05, 0) is 55.2 Å². The van der Waals surface area contributed by atoms with Crippen molar-refractivity contribution in [3.8, 4) is 0 Å².